The van der Waals surface area contributed by atoms with Crippen LogP contribution in [-0.4, -0.2) is 90.5 Å². The van der Waals surface area contributed by atoms with Crippen molar-refractivity contribution in [1.82, 2.24) is 45.3 Å². The molecule has 0 aliphatic carbocycles. The van der Waals surface area contributed by atoms with E-state index in [2.05, 4.69) is 46.5 Å². The van der Waals surface area contributed by atoms with Crippen molar-refractivity contribution in [2.45, 2.75) is 26.4 Å². The summed E-state index contributed by atoms with van der Waals surface area (Å²) in [6.07, 6.45) is 10.7. The topological polar surface area (TPSA) is 210 Å². The van der Waals surface area contributed by atoms with Crippen molar-refractivity contribution in [2.24, 2.45) is 0 Å². The average Bonchev–Trinajstić information content (AvgIpc) is 4.04. The lowest BCUT2D eigenvalue weighted by atomic mass is 9.99. The van der Waals surface area contributed by atoms with E-state index in [0.29, 0.717) is 55.3 Å². The summed E-state index contributed by atoms with van der Waals surface area (Å²) in [6, 6.07) is 29.3. The van der Waals surface area contributed by atoms with Gasteiger partial charge in [-0.05, 0) is 75.5 Å². The van der Waals surface area contributed by atoms with E-state index in [1.165, 1.54) is 19.5 Å². The summed E-state index contributed by atoms with van der Waals surface area (Å²) < 4.78 is 13.6. The minimum Gasteiger partial charge on any atom is -0.464 e. The highest BCUT2D eigenvalue weighted by molar-refractivity contribution is 6.16. The van der Waals surface area contributed by atoms with Crippen LogP contribution in [0.25, 0.3) is 21.5 Å². The number of pyridine rings is 2. The largest absolute Gasteiger partial charge is 0.464 e. The average molecular weight is 846 g/mol. The summed E-state index contributed by atoms with van der Waals surface area (Å²) in [5, 5.41) is 27.6. The maximum atomic E-state index is 13.2. The van der Waals surface area contributed by atoms with Gasteiger partial charge in [0.15, 0.2) is 11.4 Å². The predicted molar refractivity (Wildman–Crippen MR) is 235 cm³/mol. The lowest BCUT2D eigenvalue weighted by Gasteiger charge is -2.13. The number of carbonyl (C=O) groups excluding carboxylic acids is 4. The number of hydrogen-bond donors (Lipinski definition) is 3. The van der Waals surface area contributed by atoms with Crippen LogP contribution in [0.3, 0.4) is 0 Å². The number of anilines is 2. The predicted octanol–water partition coefficient (Wildman–Crippen LogP) is 6.20. The summed E-state index contributed by atoms with van der Waals surface area (Å²) in [6.45, 7) is 4.53. The van der Waals surface area contributed by atoms with E-state index in [9.17, 15) is 19.2 Å². The molecule has 0 atom stereocenters. The van der Waals surface area contributed by atoms with Crippen LogP contribution in [0, 0.1) is 0 Å². The van der Waals surface area contributed by atoms with Gasteiger partial charge < -0.3 is 25.4 Å². The summed E-state index contributed by atoms with van der Waals surface area (Å²) in [5.74, 6) is -1.65. The Morgan fingerprint density at radius 3 is 1.57 bits per heavy atom. The summed E-state index contributed by atoms with van der Waals surface area (Å²) >= 11 is 0. The molecule has 4 aromatic carbocycles. The third-order valence-electron chi connectivity index (χ3n) is 9.71. The number of rotatable bonds is 15. The highest BCUT2D eigenvalue weighted by Crippen LogP contribution is 2.27. The molecule has 3 amide bonds. The number of benzene rings is 4. The van der Waals surface area contributed by atoms with Gasteiger partial charge >= 0.3 is 5.97 Å². The molecule has 0 spiro atoms. The monoisotopic (exact) mass is 845 g/mol. The van der Waals surface area contributed by atoms with Crippen LogP contribution < -0.4 is 16.0 Å². The second-order valence-corrected chi connectivity index (χ2v) is 13.9. The van der Waals surface area contributed by atoms with Crippen LogP contribution in [0.2, 0.25) is 0 Å². The number of esters is 1. The first-order chi connectivity index (χ1) is 30.8. The fourth-order valence-corrected chi connectivity index (χ4v) is 6.78. The lowest BCUT2D eigenvalue weighted by Crippen LogP contribution is -2.29. The van der Waals surface area contributed by atoms with Crippen LogP contribution in [0.15, 0.2) is 134 Å². The molecule has 0 saturated heterocycles. The number of hydrogen-bond acceptors (Lipinski definition) is 12. The van der Waals surface area contributed by atoms with E-state index in [0.717, 1.165) is 39.1 Å². The van der Waals surface area contributed by atoms with Gasteiger partial charge in [-0.3, -0.25) is 14.4 Å². The molecule has 17 nitrogen and oxygen atoms in total. The van der Waals surface area contributed by atoms with Crippen molar-refractivity contribution < 1.29 is 28.7 Å². The molecular formula is C46H43N11O6. The lowest BCUT2D eigenvalue weighted by molar-refractivity contribution is 0.0595. The number of methoxy groups -OCH3 is 1. The fraction of sp³-hybridized carbons (Fsp3) is 0.174. The second kappa shape index (κ2) is 20.9. The minimum atomic E-state index is -0.617. The van der Waals surface area contributed by atoms with E-state index in [1.807, 2.05) is 67.6 Å². The number of nitrogens with zero attached hydrogens (tertiary/aromatic N) is 8. The van der Waals surface area contributed by atoms with Gasteiger partial charge in [0.25, 0.3) is 17.7 Å². The molecule has 4 aromatic heterocycles. The van der Waals surface area contributed by atoms with E-state index < -0.39 is 5.97 Å². The fourth-order valence-electron chi connectivity index (χ4n) is 6.78. The Balaban J connectivity index is 0.000000191. The Kier molecular flexibility index (Phi) is 14.2. The standard InChI is InChI=1S/C25H26N6O3.C21H17N5O3/c1-2-15-34-16-13-27-25(33)23-22(8-5-11-26-23)29-24(32)21-10-9-18(17-31-14-12-28-30-31)19-6-3-4-7-20(19)21;1-29-21(28)19-18(7-4-10-22-19)24-20(27)17-9-8-14(13-26-12-11-23-25-26)15-5-2-3-6-16(15)17/h3-12,14H,2,13,15-17H2,1H3,(H,27,33)(H,29,32);2-12H,13H2,1H3,(H,24,27). The minimum absolute atomic E-state index is 0.0513. The maximum Gasteiger partial charge on any atom is 0.358 e. The van der Waals surface area contributed by atoms with Crippen LogP contribution >= 0.6 is 0 Å². The second-order valence-electron chi connectivity index (χ2n) is 13.9. The van der Waals surface area contributed by atoms with Gasteiger partial charge in [-0.1, -0.05) is 78.0 Å². The van der Waals surface area contributed by atoms with Crippen molar-refractivity contribution in [3.63, 3.8) is 0 Å². The highest BCUT2D eigenvalue weighted by atomic mass is 16.5. The highest BCUT2D eigenvalue weighted by Gasteiger charge is 2.20. The van der Waals surface area contributed by atoms with Crippen molar-refractivity contribution in [3.8, 4) is 0 Å². The van der Waals surface area contributed by atoms with Crippen LogP contribution in [0.5, 0.6) is 0 Å². The molecule has 8 rings (SSSR count). The number of carbonyl (C=O) groups is 4. The van der Waals surface area contributed by atoms with E-state index >= 15 is 0 Å². The van der Waals surface area contributed by atoms with Gasteiger partial charge in [0, 0.05) is 49.1 Å². The maximum absolute atomic E-state index is 13.2. The van der Waals surface area contributed by atoms with Gasteiger partial charge in [-0.25, -0.2) is 24.1 Å². The Morgan fingerprint density at radius 1 is 0.571 bits per heavy atom. The molecule has 0 bridgehead atoms. The van der Waals surface area contributed by atoms with Crippen molar-refractivity contribution in [1.29, 1.82) is 0 Å². The molecule has 0 radical (unpaired) electrons. The number of amides is 3. The number of ether oxygens (including phenoxy) is 2. The first-order valence-electron chi connectivity index (χ1n) is 20.0. The number of aromatic nitrogens is 8. The van der Waals surface area contributed by atoms with Gasteiger partial charge in [-0.2, -0.15) is 0 Å². The van der Waals surface area contributed by atoms with Crippen LogP contribution in [0.1, 0.15) is 66.2 Å². The van der Waals surface area contributed by atoms with Crippen LogP contribution in [0.4, 0.5) is 11.4 Å². The molecule has 0 saturated carbocycles. The molecule has 8 aromatic rings. The van der Waals surface area contributed by atoms with E-state index in [1.54, 1.807) is 70.5 Å². The molecule has 318 valence electrons. The first kappa shape index (κ1) is 42.9. The van der Waals surface area contributed by atoms with Gasteiger partial charge in [0.2, 0.25) is 0 Å². The van der Waals surface area contributed by atoms with E-state index in [4.69, 9.17) is 9.47 Å². The molecule has 4 heterocycles. The first-order valence-corrected chi connectivity index (χ1v) is 20.0. The van der Waals surface area contributed by atoms with Crippen molar-refractivity contribution in [3.05, 3.63) is 168 Å². The molecule has 17 heteroatoms. The SMILES string of the molecule is CCCOCCNC(=O)c1ncccc1NC(=O)c1ccc(Cn2ccnn2)c2ccccc12.COC(=O)c1ncccc1NC(=O)c1ccc(Cn2ccnn2)c2ccccc12. The smallest absolute Gasteiger partial charge is 0.358 e. The zero-order valence-electron chi connectivity index (χ0n) is 34.5. The molecular weight excluding hydrogens is 803 g/mol. The van der Waals surface area contributed by atoms with Gasteiger partial charge in [0.1, 0.15) is 0 Å². The summed E-state index contributed by atoms with van der Waals surface area (Å²) in [5.41, 5.74) is 3.86. The summed E-state index contributed by atoms with van der Waals surface area (Å²) in [4.78, 5) is 59.0. The molecule has 0 aliphatic heterocycles. The Morgan fingerprint density at radius 2 is 1.08 bits per heavy atom. The summed E-state index contributed by atoms with van der Waals surface area (Å²) in [7, 11) is 1.27. The third-order valence-corrected chi connectivity index (χ3v) is 9.71. The molecule has 3 N–H and O–H groups in total. The van der Waals surface area contributed by atoms with Gasteiger partial charge in [-0.15, -0.1) is 10.2 Å². The quantitative estimate of drug-likeness (QED) is 0.0779. The Hall–Kier alpha value is -8.18. The molecule has 0 aliphatic rings. The molecule has 0 unspecified atom stereocenters. The number of fused-ring (bicyclic) bond motifs is 2. The molecule has 0 fully saturated rings. The van der Waals surface area contributed by atoms with Crippen molar-refractivity contribution in [2.75, 3.05) is 37.5 Å². The molecule has 63 heavy (non-hydrogen) atoms. The Labute approximate surface area is 361 Å². The number of nitrogens with one attached hydrogen (secondary N) is 3. The zero-order chi connectivity index (χ0) is 44.0. The van der Waals surface area contributed by atoms with Crippen LogP contribution in [-0.2, 0) is 22.6 Å². The third kappa shape index (κ3) is 10.6. The zero-order valence-corrected chi connectivity index (χ0v) is 34.5. The Bertz CT molecular complexity index is 2850. The normalized spacial score (nSPS) is 10.8. The van der Waals surface area contributed by atoms with E-state index in [-0.39, 0.29) is 29.1 Å². The van der Waals surface area contributed by atoms with Gasteiger partial charge in [0.05, 0.1) is 50.6 Å². The van der Waals surface area contributed by atoms with Crippen molar-refractivity contribution >= 4 is 56.6 Å².